The van der Waals surface area contributed by atoms with E-state index in [-0.39, 0.29) is 18.6 Å². The van der Waals surface area contributed by atoms with E-state index in [1.54, 1.807) is 24.3 Å². The highest BCUT2D eigenvalue weighted by Gasteiger charge is 2.24. The molecule has 1 aliphatic rings. The minimum Gasteiger partial charge on any atom is -0.486 e. The van der Waals surface area contributed by atoms with E-state index >= 15 is 0 Å². The van der Waals surface area contributed by atoms with E-state index in [0.29, 0.717) is 27.5 Å². The predicted molar refractivity (Wildman–Crippen MR) is 83.3 cm³/mol. The molecule has 1 aromatic heterocycles. The second kappa shape index (κ2) is 7.04. The van der Waals surface area contributed by atoms with Crippen molar-refractivity contribution < 1.29 is 14.3 Å². The fourth-order valence-electron chi connectivity index (χ4n) is 2.01. The molecule has 1 fully saturated rings. The molecule has 0 bridgehead atoms. The van der Waals surface area contributed by atoms with Gasteiger partial charge in [-0.15, -0.1) is 10.2 Å². The lowest BCUT2D eigenvalue weighted by Crippen LogP contribution is -2.26. The van der Waals surface area contributed by atoms with Gasteiger partial charge in [-0.05, 0) is 37.1 Å². The Balaban J connectivity index is 1.52. The van der Waals surface area contributed by atoms with Gasteiger partial charge < -0.3 is 9.47 Å². The molecule has 1 atom stereocenters. The Morgan fingerprint density at radius 2 is 2.23 bits per heavy atom. The summed E-state index contributed by atoms with van der Waals surface area (Å²) >= 11 is 7.09. The fourth-order valence-corrected chi connectivity index (χ4v) is 2.79. The van der Waals surface area contributed by atoms with Gasteiger partial charge in [0.1, 0.15) is 18.5 Å². The van der Waals surface area contributed by atoms with E-state index in [1.807, 2.05) is 0 Å². The number of benzene rings is 1. The highest BCUT2D eigenvalue weighted by molar-refractivity contribution is 7.15. The summed E-state index contributed by atoms with van der Waals surface area (Å²) in [4.78, 5) is 11.9. The summed E-state index contributed by atoms with van der Waals surface area (Å²) in [6.45, 7) is 0.920. The Kier molecular flexibility index (Phi) is 4.87. The zero-order valence-electron chi connectivity index (χ0n) is 11.6. The lowest BCUT2D eigenvalue weighted by molar-refractivity contribution is -0.124. The van der Waals surface area contributed by atoms with Crippen molar-refractivity contribution in [3.8, 4) is 5.75 Å². The maximum Gasteiger partial charge on any atom is 0.255 e. The SMILES string of the molecule is O=C(Nc1nnc(COc2ccc(Cl)cc2)s1)[C@H]1CCCO1. The summed E-state index contributed by atoms with van der Waals surface area (Å²) in [6, 6.07) is 7.07. The van der Waals surface area contributed by atoms with Gasteiger partial charge in [0, 0.05) is 11.6 Å². The molecule has 0 saturated carbocycles. The number of hydrogen-bond donors (Lipinski definition) is 1. The molecule has 1 aliphatic heterocycles. The largest absolute Gasteiger partial charge is 0.486 e. The number of hydrogen-bond acceptors (Lipinski definition) is 6. The second-order valence-electron chi connectivity index (χ2n) is 4.73. The third kappa shape index (κ3) is 3.94. The molecule has 1 N–H and O–H groups in total. The van der Waals surface area contributed by atoms with Crippen LogP contribution in [0.5, 0.6) is 5.75 Å². The number of nitrogens with one attached hydrogen (secondary N) is 1. The minimum atomic E-state index is -0.377. The van der Waals surface area contributed by atoms with Crippen LogP contribution in [-0.4, -0.2) is 28.8 Å². The van der Waals surface area contributed by atoms with Crippen molar-refractivity contribution in [2.45, 2.75) is 25.6 Å². The Morgan fingerprint density at radius 3 is 2.95 bits per heavy atom. The molecule has 0 radical (unpaired) electrons. The molecule has 1 saturated heterocycles. The Morgan fingerprint density at radius 1 is 1.41 bits per heavy atom. The van der Waals surface area contributed by atoms with E-state index in [4.69, 9.17) is 21.1 Å². The van der Waals surface area contributed by atoms with Crippen LogP contribution in [-0.2, 0) is 16.1 Å². The number of carbonyl (C=O) groups excluding carboxylic acids is 1. The van der Waals surface area contributed by atoms with Crippen molar-refractivity contribution >= 4 is 34.0 Å². The Bertz CT molecular complexity index is 641. The maximum atomic E-state index is 11.9. The summed E-state index contributed by atoms with van der Waals surface area (Å²) in [5.41, 5.74) is 0. The van der Waals surface area contributed by atoms with Gasteiger partial charge in [-0.1, -0.05) is 22.9 Å². The zero-order chi connectivity index (χ0) is 15.4. The van der Waals surface area contributed by atoms with Crippen molar-refractivity contribution in [2.24, 2.45) is 0 Å². The van der Waals surface area contributed by atoms with E-state index in [9.17, 15) is 4.79 Å². The normalized spacial score (nSPS) is 17.4. The molecule has 0 spiro atoms. The molecular formula is C14H14ClN3O3S. The van der Waals surface area contributed by atoms with Gasteiger partial charge in [0.2, 0.25) is 5.13 Å². The number of rotatable bonds is 5. The molecule has 0 aliphatic carbocycles. The molecule has 3 rings (SSSR count). The van der Waals surface area contributed by atoms with Gasteiger partial charge in [-0.25, -0.2) is 0 Å². The first-order valence-corrected chi connectivity index (χ1v) is 8.03. The fraction of sp³-hybridized carbons (Fsp3) is 0.357. The van der Waals surface area contributed by atoms with E-state index < -0.39 is 0 Å². The number of halogens is 1. The van der Waals surface area contributed by atoms with Gasteiger partial charge in [-0.2, -0.15) is 0 Å². The molecular weight excluding hydrogens is 326 g/mol. The van der Waals surface area contributed by atoms with E-state index in [2.05, 4.69) is 15.5 Å². The van der Waals surface area contributed by atoms with Crippen LogP contribution in [0.25, 0.3) is 0 Å². The second-order valence-corrected chi connectivity index (χ2v) is 6.23. The van der Waals surface area contributed by atoms with Crippen molar-refractivity contribution in [2.75, 3.05) is 11.9 Å². The van der Waals surface area contributed by atoms with Crippen LogP contribution in [0.1, 0.15) is 17.8 Å². The van der Waals surface area contributed by atoms with Gasteiger partial charge in [0.15, 0.2) is 5.01 Å². The minimum absolute atomic E-state index is 0.168. The molecule has 2 heterocycles. The quantitative estimate of drug-likeness (QED) is 0.906. The molecule has 116 valence electrons. The number of amides is 1. The molecule has 1 aromatic carbocycles. The third-order valence-corrected chi connectivity index (χ3v) is 4.16. The van der Waals surface area contributed by atoms with E-state index in [0.717, 1.165) is 12.8 Å². The topological polar surface area (TPSA) is 73.3 Å². The van der Waals surface area contributed by atoms with Crippen LogP contribution < -0.4 is 10.1 Å². The van der Waals surface area contributed by atoms with Crippen molar-refractivity contribution in [1.82, 2.24) is 10.2 Å². The highest BCUT2D eigenvalue weighted by atomic mass is 35.5. The first kappa shape index (κ1) is 15.2. The van der Waals surface area contributed by atoms with E-state index in [1.165, 1.54) is 11.3 Å². The first-order chi connectivity index (χ1) is 10.7. The lowest BCUT2D eigenvalue weighted by Gasteiger charge is -2.07. The standard InChI is InChI=1S/C14H14ClN3O3S/c15-9-3-5-10(6-4-9)21-8-12-17-18-14(22-12)16-13(19)11-2-1-7-20-11/h3-6,11H,1-2,7-8H2,(H,16,18,19)/t11-/m1/s1. The number of aromatic nitrogens is 2. The number of carbonyl (C=O) groups is 1. The molecule has 6 nitrogen and oxygen atoms in total. The van der Waals surface area contributed by atoms with Crippen LogP contribution in [0.15, 0.2) is 24.3 Å². The Labute approximate surface area is 136 Å². The van der Waals surface area contributed by atoms with Crippen LogP contribution in [0, 0.1) is 0 Å². The van der Waals surface area contributed by atoms with Gasteiger partial charge >= 0.3 is 0 Å². The van der Waals surface area contributed by atoms with Gasteiger partial charge in [0.05, 0.1) is 0 Å². The third-order valence-electron chi connectivity index (χ3n) is 3.10. The maximum absolute atomic E-state index is 11.9. The predicted octanol–water partition coefficient (Wildman–Crippen LogP) is 2.89. The highest BCUT2D eigenvalue weighted by Crippen LogP contribution is 2.21. The molecule has 22 heavy (non-hydrogen) atoms. The molecule has 2 aromatic rings. The Hall–Kier alpha value is -1.70. The molecule has 1 amide bonds. The van der Waals surface area contributed by atoms with Crippen LogP contribution in [0.3, 0.4) is 0 Å². The van der Waals surface area contributed by atoms with Crippen LogP contribution >= 0.6 is 22.9 Å². The summed E-state index contributed by atoms with van der Waals surface area (Å²) in [7, 11) is 0. The summed E-state index contributed by atoms with van der Waals surface area (Å²) in [6.07, 6.45) is 1.28. The molecule has 8 heteroatoms. The zero-order valence-corrected chi connectivity index (χ0v) is 13.2. The molecule has 0 unspecified atom stereocenters. The lowest BCUT2D eigenvalue weighted by atomic mass is 10.2. The average Bonchev–Trinajstić information content (AvgIpc) is 3.18. The first-order valence-electron chi connectivity index (χ1n) is 6.84. The number of anilines is 1. The summed E-state index contributed by atoms with van der Waals surface area (Å²) in [5, 5.41) is 12.4. The summed E-state index contributed by atoms with van der Waals surface area (Å²) in [5.74, 6) is 0.531. The van der Waals surface area contributed by atoms with Crippen molar-refractivity contribution in [3.63, 3.8) is 0 Å². The number of nitrogens with zero attached hydrogens (tertiary/aromatic N) is 2. The summed E-state index contributed by atoms with van der Waals surface area (Å²) < 4.78 is 10.9. The van der Waals surface area contributed by atoms with Crippen molar-refractivity contribution in [1.29, 1.82) is 0 Å². The van der Waals surface area contributed by atoms with Gasteiger partial charge in [0.25, 0.3) is 5.91 Å². The average molecular weight is 340 g/mol. The van der Waals surface area contributed by atoms with Crippen LogP contribution in [0.4, 0.5) is 5.13 Å². The monoisotopic (exact) mass is 339 g/mol. The van der Waals surface area contributed by atoms with Gasteiger partial charge in [-0.3, -0.25) is 10.1 Å². The van der Waals surface area contributed by atoms with Crippen molar-refractivity contribution in [3.05, 3.63) is 34.3 Å². The van der Waals surface area contributed by atoms with Crippen LogP contribution in [0.2, 0.25) is 5.02 Å². The smallest absolute Gasteiger partial charge is 0.255 e. The number of ether oxygens (including phenoxy) is 2.